The number of nitrogens with zero attached hydrogens (tertiary/aromatic N) is 4. The minimum atomic E-state index is -0.297. The number of hydrogen-bond acceptors (Lipinski definition) is 5. The van der Waals surface area contributed by atoms with Crippen LogP contribution in [0.5, 0.6) is 0 Å². The summed E-state index contributed by atoms with van der Waals surface area (Å²) in [5.74, 6) is 1.51. The number of fused-ring (bicyclic) bond motifs is 2. The summed E-state index contributed by atoms with van der Waals surface area (Å²) in [4.78, 5) is 26.3. The van der Waals surface area contributed by atoms with Gasteiger partial charge in [0.2, 0.25) is 0 Å². The Hall–Kier alpha value is -2.80. The molecule has 1 fully saturated rings. The van der Waals surface area contributed by atoms with Gasteiger partial charge in [-0.1, -0.05) is 25.3 Å². The highest BCUT2D eigenvalue weighted by Gasteiger charge is 2.24. The summed E-state index contributed by atoms with van der Waals surface area (Å²) in [5, 5.41) is 12.2. The lowest BCUT2D eigenvalue weighted by Crippen LogP contribution is -2.31. The molecule has 0 bridgehead atoms. The fourth-order valence-corrected chi connectivity index (χ4v) is 4.82. The molecule has 7 heteroatoms. The third kappa shape index (κ3) is 3.51. The van der Waals surface area contributed by atoms with Gasteiger partial charge in [0.1, 0.15) is 5.82 Å². The largest absolute Gasteiger partial charge is 0.361 e. The molecule has 2 aliphatic rings. The number of aromatic nitrogens is 3. The van der Waals surface area contributed by atoms with E-state index in [1.807, 2.05) is 18.5 Å². The lowest BCUT2D eigenvalue weighted by molar-refractivity contribution is -0.383. The van der Waals surface area contributed by atoms with E-state index in [0.29, 0.717) is 17.8 Å². The van der Waals surface area contributed by atoms with Crippen LogP contribution in [-0.4, -0.2) is 31.3 Å². The molecule has 0 amide bonds. The summed E-state index contributed by atoms with van der Waals surface area (Å²) in [7, 11) is 0. The average molecular weight is 391 g/mol. The number of aromatic amines is 1. The van der Waals surface area contributed by atoms with Gasteiger partial charge in [-0.15, -0.1) is 0 Å². The Balaban J connectivity index is 1.39. The Morgan fingerprint density at radius 2 is 2.10 bits per heavy atom. The Morgan fingerprint density at radius 3 is 2.93 bits per heavy atom. The summed E-state index contributed by atoms with van der Waals surface area (Å²) in [6.07, 6.45) is 11.1. The number of nitro groups is 1. The van der Waals surface area contributed by atoms with Gasteiger partial charge in [-0.3, -0.25) is 15.0 Å². The molecule has 7 nitrogen and oxygen atoms in total. The van der Waals surface area contributed by atoms with Gasteiger partial charge in [-0.05, 0) is 36.5 Å². The molecule has 0 radical (unpaired) electrons. The zero-order valence-electron chi connectivity index (χ0n) is 16.4. The zero-order valence-corrected chi connectivity index (χ0v) is 16.4. The standard InChI is InChI=1S/C22H25N5O2/c28-27(29)20-8-4-7-18-21(20)17(12-23-18)13-26-10-9-16-11-24-22(25-19(16)14-26)15-5-2-1-3-6-15/h4,7-8,11-12,15,23H,1-3,5-6,9-10,13-14H2. The van der Waals surface area contributed by atoms with Crippen LogP contribution in [0.4, 0.5) is 5.69 Å². The van der Waals surface area contributed by atoms with Gasteiger partial charge >= 0.3 is 0 Å². The van der Waals surface area contributed by atoms with E-state index in [1.165, 1.54) is 37.7 Å². The highest BCUT2D eigenvalue weighted by molar-refractivity contribution is 5.91. The smallest absolute Gasteiger partial charge is 0.279 e. The van der Waals surface area contributed by atoms with Gasteiger partial charge in [0.25, 0.3) is 5.69 Å². The third-order valence-electron chi connectivity index (χ3n) is 6.37. The van der Waals surface area contributed by atoms with E-state index < -0.39 is 0 Å². The van der Waals surface area contributed by atoms with Gasteiger partial charge in [-0.25, -0.2) is 9.97 Å². The summed E-state index contributed by atoms with van der Waals surface area (Å²) in [6, 6.07) is 5.19. The second-order valence-electron chi connectivity index (χ2n) is 8.27. The van der Waals surface area contributed by atoms with E-state index in [1.54, 1.807) is 12.1 Å². The van der Waals surface area contributed by atoms with Gasteiger partial charge < -0.3 is 4.98 Å². The second-order valence-corrected chi connectivity index (χ2v) is 8.27. The van der Waals surface area contributed by atoms with E-state index in [0.717, 1.165) is 42.1 Å². The van der Waals surface area contributed by atoms with Gasteiger partial charge in [-0.2, -0.15) is 0 Å². The fourth-order valence-electron chi connectivity index (χ4n) is 4.82. The number of benzene rings is 1. The SMILES string of the molecule is O=[N+]([O-])c1cccc2[nH]cc(CN3CCc4cnc(C5CCCCC5)nc4C3)c12. The van der Waals surface area contributed by atoms with Crippen LogP contribution in [0.2, 0.25) is 0 Å². The van der Waals surface area contributed by atoms with Crippen molar-refractivity contribution in [2.75, 3.05) is 6.54 Å². The lowest BCUT2D eigenvalue weighted by atomic mass is 9.88. The summed E-state index contributed by atoms with van der Waals surface area (Å²) in [6.45, 7) is 2.35. The molecule has 5 rings (SSSR count). The van der Waals surface area contributed by atoms with Crippen LogP contribution in [0.25, 0.3) is 10.9 Å². The molecule has 0 spiro atoms. The summed E-state index contributed by atoms with van der Waals surface area (Å²) < 4.78 is 0. The maximum absolute atomic E-state index is 11.5. The number of rotatable bonds is 4. The first-order valence-electron chi connectivity index (χ1n) is 10.5. The molecule has 1 saturated carbocycles. The van der Waals surface area contributed by atoms with Crippen molar-refractivity contribution >= 4 is 16.6 Å². The topological polar surface area (TPSA) is 88.0 Å². The van der Waals surface area contributed by atoms with Gasteiger partial charge in [0, 0.05) is 44.0 Å². The first-order chi connectivity index (χ1) is 14.2. The second kappa shape index (κ2) is 7.55. The minimum absolute atomic E-state index is 0.165. The van der Waals surface area contributed by atoms with Crippen molar-refractivity contribution in [1.82, 2.24) is 19.9 Å². The Morgan fingerprint density at radius 1 is 1.24 bits per heavy atom. The summed E-state index contributed by atoms with van der Waals surface area (Å²) >= 11 is 0. The summed E-state index contributed by atoms with van der Waals surface area (Å²) in [5.41, 5.74) is 4.32. The number of non-ortho nitro benzene ring substituents is 1. The lowest BCUT2D eigenvalue weighted by Gasteiger charge is -2.29. The van der Waals surface area contributed by atoms with Crippen molar-refractivity contribution in [3.05, 3.63) is 63.4 Å². The van der Waals surface area contributed by atoms with Crippen LogP contribution in [0.1, 0.15) is 60.7 Å². The first kappa shape index (κ1) is 18.2. The maximum Gasteiger partial charge on any atom is 0.279 e. The maximum atomic E-state index is 11.5. The molecule has 0 atom stereocenters. The fraction of sp³-hybridized carbons (Fsp3) is 0.455. The van der Waals surface area contributed by atoms with Crippen LogP contribution >= 0.6 is 0 Å². The van der Waals surface area contributed by atoms with E-state index >= 15 is 0 Å². The Kier molecular flexibility index (Phi) is 4.75. The Labute approximate surface area is 169 Å². The molecule has 0 unspecified atom stereocenters. The Bertz CT molecular complexity index is 1050. The molecule has 29 heavy (non-hydrogen) atoms. The van der Waals surface area contributed by atoms with E-state index in [-0.39, 0.29) is 10.6 Å². The molecule has 1 aromatic carbocycles. The highest BCUT2D eigenvalue weighted by Crippen LogP contribution is 2.32. The van der Waals surface area contributed by atoms with Crippen LogP contribution < -0.4 is 0 Å². The van der Waals surface area contributed by atoms with E-state index in [2.05, 4.69) is 14.9 Å². The van der Waals surface area contributed by atoms with E-state index in [9.17, 15) is 10.1 Å². The number of hydrogen-bond donors (Lipinski definition) is 1. The third-order valence-corrected chi connectivity index (χ3v) is 6.37. The van der Waals surface area contributed by atoms with Crippen molar-refractivity contribution in [1.29, 1.82) is 0 Å². The monoisotopic (exact) mass is 391 g/mol. The highest BCUT2D eigenvalue weighted by atomic mass is 16.6. The first-order valence-corrected chi connectivity index (χ1v) is 10.5. The molecule has 150 valence electrons. The van der Waals surface area contributed by atoms with Crippen LogP contribution in [0.3, 0.4) is 0 Å². The van der Waals surface area contributed by atoms with Crippen LogP contribution in [0.15, 0.2) is 30.6 Å². The van der Waals surface area contributed by atoms with E-state index in [4.69, 9.17) is 4.98 Å². The molecule has 1 aliphatic carbocycles. The number of H-pyrrole nitrogens is 1. The van der Waals surface area contributed by atoms with Crippen molar-refractivity contribution < 1.29 is 4.92 Å². The predicted octanol–water partition coefficient (Wildman–Crippen LogP) is 4.47. The van der Waals surface area contributed by atoms with Crippen molar-refractivity contribution in [3.8, 4) is 0 Å². The van der Waals surface area contributed by atoms with Crippen LogP contribution in [-0.2, 0) is 19.5 Å². The normalized spacial score (nSPS) is 18.1. The predicted molar refractivity (Wildman–Crippen MR) is 111 cm³/mol. The van der Waals surface area contributed by atoms with Crippen molar-refractivity contribution in [2.24, 2.45) is 0 Å². The molecule has 3 aromatic rings. The minimum Gasteiger partial charge on any atom is -0.361 e. The quantitative estimate of drug-likeness (QED) is 0.523. The van der Waals surface area contributed by atoms with Crippen molar-refractivity contribution in [2.45, 2.75) is 57.5 Å². The molecule has 2 aromatic heterocycles. The molecule has 1 aliphatic heterocycles. The van der Waals surface area contributed by atoms with Crippen LogP contribution in [0, 0.1) is 10.1 Å². The molecule has 0 saturated heterocycles. The number of nitro benzene ring substituents is 1. The molecular formula is C22H25N5O2. The average Bonchev–Trinajstić information content (AvgIpc) is 3.16. The molecular weight excluding hydrogens is 366 g/mol. The van der Waals surface area contributed by atoms with Gasteiger partial charge in [0.15, 0.2) is 0 Å². The molecule has 1 N–H and O–H groups in total. The number of nitrogens with one attached hydrogen (secondary N) is 1. The zero-order chi connectivity index (χ0) is 19.8. The van der Waals surface area contributed by atoms with Crippen molar-refractivity contribution in [3.63, 3.8) is 0 Å². The molecule has 3 heterocycles. The van der Waals surface area contributed by atoms with Gasteiger partial charge in [0.05, 0.1) is 21.5 Å².